The minimum atomic E-state index is 0.401. The smallest absolute Gasteiger partial charge is 0.163 e. The number of nitrogens with zero attached hydrogens (tertiary/aromatic N) is 2. The molecule has 7 nitrogen and oxygen atoms in total. The van der Waals surface area contributed by atoms with E-state index in [2.05, 4.69) is 15.3 Å². The number of hydrogen-bond acceptors (Lipinski definition) is 7. The number of benzene rings is 3. The van der Waals surface area contributed by atoms with Crippen molar-refractivity contribution in [3.63, 3.8) is 0 Å². The van der Waals surface area contributed by atoms with Gasteiger partial charge in [0.25, 0.3) is 0 Å². The highest BCUT2D eigenvalue weighted by Gasteiger charge is 2.13. The fourth-order valence-corrected chi connectivity index (χ4v) is 3.17. The fourth-order valence-electron chi connectivity index (χ4n) is 3.17. The van der Waals surface area contributed by atoms with Crippen molar-refractivity contribution in [3.8, 4) is 17.2 Å². The molecule has 0 bridgehead atoms. The van der Waals surface area contributed by atoms with E-state index in [1.807, 2.05) is 66.7 Å². The van der Waals surface area contributed by atoms with Gasteiger partial charge in [-0.1, -0.05) is 30.3 Å². The van der Waals surface area contributed by atoms with Crippen LogP contribution >= 0.6 is 0 Å². The third kappa shape index (κ3) is 5.25. The number of aromatic nitrogens is 2. The first kappa shape index (κ1) is 21.4. The summed E-state index contributed by atoms with van der Waals surface area (Å²) < 4.78 is 22.4. The zero-order valence-corrected chi connectivity index (χ0v) is 18.1. The maximum atomic E-state index is 6.09. The molecule has 0 unspecified atom stereocenters. The highest BCUT2D eigenvalue weighted by Crippen LogP contribution is 2.35. The predicted molar refractivity (Wildman–Crippen MR) is 124 cm³/mol. The molecule has 4 rings (SSSR count). The molecular formula is C25H25N3O4. The summed E-state index contributed by atoms with van der Waals surface area (Å²) in [5, 5.41) is 4.16. The largest absolute Gasteiger partial charge is 0.497 e. The predicted octanol–water partition coefficient (Wildman–Crippen LogP) is 4.99. The van der Waals surface area contributed by atoms with Gasteiger partial charge in [-0.2, -0.15) is 0 Å². The summed E-state index contributed by atoms with van der Waals surface area (Å²) in [4.78, 5) is 8.86. The van der Waals surface area contributed by atoms with E-state index in [-0.39, 0.29) is 0 Å². The molecule has 0 fully saturated rings. The van der Waals surface area contributed by atoms with E-state index < -0.39 is 0 Å². The van der Waals surface area contributed by atoms with E-state index >= 15 is 0 Å². The number of anilines is 2. The average Bonchev–Trinajstić information content (AvgIpc) is 2.84. The van der Waals surface area contributed by atoms with Crippen molar-refractivity contribution in [2.75, 3.05) is 32.8 Å². The van der Waals surface area contributed by atoms with Gasteiger partial charge in [-0.15, -0.1) is 0 Å². The quantitative estimate of drug-likeness (QED) is 0.355. The monoisotopic (exact) mass is 431 g/mol. The molecule has 4 aromatic rings. The number of hydrogen-bond donors (Lipinski definition) is 1. The summed E-state index contributed by atoms with van der Waals surface area (Å²) in [6.45, 7) is 1.30. The Bertz CT molecular complexity index is 1150. The zero-order valence-electron chi connectivity index (χ0n) is 18.1. The Morgan fingerprint density at radius 1 is 0.812 bits per heavy atom. The van der Waals surface area contributed by atoms with Crippen molar-refractivity contribution in [2.45, 2.75) is 6.61 Å². The standard InChI is InChI=1S/C25H25N3O4/c1-29-12-13-31-23-14-21-22(15-24(23)32-16-18-6-4-3-5-7-18)26-17-27-25(21)28-19-8-10-20(30-2)11-9-19/h3-11,14-15,17H,12-13,16H2,1-2H3,(H,26,27,28). The van der Waals surface area contributed by atoms with E-state index in [4.69, 9.17) is 18.9 Å². The van der Waals surface area contributed by atoms with Crippen LogP contribution in [0.2, 0.25) is 0 Å². The van der Waals surface area contributed by atoms with Crippen LogP contribution in [0.5, 0.6) is 17.2 Å². The van der Waals surface area contributed by atoms with Crippen molar-refractivity contribution >= 4 is 22.4 Å². The fraction of sp³-hybridized carbons (Fsp3) is 0.200. The van der Waals surface area contributed by atoms with Crippen molar-refractivity contribution in [1.29, 1.82) is 0 Å². The van der Waals surface area contributed by atoms with Gasteiger partial charge in [0.1, 0.15) is 31.1 Å². The number of rotatable bonds is 10. The van der Waals surface area contributed by atoms with Gasteiger partial charge in [0, 0.05) is 24.2 Å². The van der Waals surface area contributed by atoms with Crippen LogP contribution in [0.25, 0.3) is 10.9 Å². The second-order valence-corrected chi connectivity index (χ2v) is 7.01. The van der Waals surface area contributed by atoms with Crippen LogP contribution in [0.4, 0.5) is 11.5 Å². The van der Waals surface area contributed by atoms with Gasteiger partial charge in [-0.3, -0.25) is 0 Å². The van der Waals surface area contributed by atoms with Crippen LogP contribution in [-0.2, 0) is 11.3 Å². The lowest BCUT2D eigenvalue weighted by atomic mass is 10.2. The van der Waals surface area contributed by atoms with Gasteiger partial charge in [-0.25, -0.2) is 9.97 Å². The molecule has 0 saturated heterocycles. The van der Waals surface area contributed by atoms with E-state index in [0.717, 1.165) is 27.9 Å². The summed E-state index contributed by atoms with van der Waals surface area (Å²) in [6.07, 6.45) is 1.53. The first-order valence-electron chi connectivity index (χ1n) is 10.2. The Kier molecular flexibility index (Phi) is 6.99. The molecule has 0 radical (unpaired) electrons. The van der Waals surface area contributed by atoms with E-state index in [1.165, 1.54) is 6.33 Å². The zero-order chi connectivity index (χ0) is 22.2. The molecule has 0 amide bonds. The molecule has 1 heterocycles. The lowest BCUT2D eigenvalue weighted by Crippen LogP contribution is -2.06. The van der Waals surface area contributed by atoms with Crippen LogP contribution in [0, 0.1) is 0 Å². The van der Waals surface area contributed by atoms with Crippen LogP contribution in [0.3, 0.4) is 0 Å². The molecule has 0 aliphatic rings. The first-order valence-corrected chi connectivity index (χ1v) is 10.2. The van der Waals surface area contributed by atoms with Crippen LogP contribution in [0.1, 0.15) is 5.56 Å². The van der Waals surface area contributed by atoms with E-state index in [1.54, 1.807) is 14.2 Å². The third-order valence-electron chi connectivity index (χ3n) is 4.84. The Balaban J connectivity index is 1.64. The Morgan fingerprint density at radius 3 is 2.34 bits per heavy atom. The van der Waals surface area contributed by atoms with Crippen molar-refractivity contribution < 1.29 is 18.9 Å². The number of fused-ring (bicyclic) bond motifs is 1. The van der Waals surface area contributed by atoms with Gasteiger partial charge in [0.2, 0.25) is 0 Å². The number of nitrogens with one attached hydrogen (secondary N) is 1. The average molecular weight is 431 g/mol. The summed E-state index contributed by atoms with van der Waals surface area (Å²) in [5.41, 5.74) is 2.70. The molecule has 3 aromatic carbocycles. The molecule has 1 aromatic heterocycles. The maximum absolute atomic E-state index is 6.09. The second-order valence-electron chi connectivity index (χ2n) is 7.01. The number of methoxy groups -OCH3 is 2. The van der Waals surface area contributed by atoms with Crippen LogP contribution in [0.15, 0.2) is 73.1 Å². The summed E-state index contributed by atoms with van der Waals surface area (Å²) >= 11 is 0. The van der Waals surface area contributed by atoms with Crippen LogP contribution in [-0.4, -0.2) is 37.4 Å². The Hall–Kier alpha value is -3.84. The van der Waals surface area contributed by atoms with Gasteiger partial charge in [0.05, 0.1) is 19.2 Å². The molecule has 7 heteroatoms. The normalized spacial score (nSPS) is 10.7. The summed E-state index contributed by atoms with van der Waals surface area (Å²) in [6, 6.07) is 21.4. The first-order chi connectivity index (χ1) is 15.8. The highest BCUT2D eigenvalue weighted by atomic mass is 16.5. The molecular weight excluding hydrogens is 406 g/mol. The Labute approximate surface area is 186 Å². The van der Waals surface area contributed by atoms with Crippen molar-refractivity contribution in [3.05, 3.63) is 78.6 Å². The SMILES string of the molecule is COCCOc1cc2c(Nc3ccc(OC)cc3)ncnc2cc1OCc1ccccc1. The third-order valence-corrected chi connectivity index (χ3v) is 4.84. The summed E-state index contributed by atoms with van der Waals surface area (Å²) in [5.74, 6) is 2.69. The minimum Gasteiger partial charge on any atom is -0.497 e. The van der Waals surface area contributed by atoms with Crippen molar-refractivity contribution in [2.24, 2.45) is 0 Å². The number of ether oxygens (including phenoxy) is 4. The highest BCUT2D eigenvalue weighted by molar-refractivity contribution is 5.93. The minimum absolute atomic E-state index is 0.401. The second kappa shape index (κ2) is 10.5. The van der Waals surface area contributed by atoms with Gasteiger partial charge in [-0.05, 0) is 35.9 Å². The molecule has 32 heavy (non-hydrogen) atoms. The maximum Gasteiger partial charge on any atom is 0.163 e. The molecule has 0 atom stereocenters. The van der Waals surface area contributed by atoms with E-state index in [0.29, 0.717) is 37.1 Å². The van der Waals surface area contributed by atoms with Gasteiger partial charge >= 0.3 is 0 Å². The van der Waals surface area contributed by atoms with Gasteiger partial charge in [0.15, 0.2) is 11.5 Å². The molecule has 164 valence electrons. The molecule has 0 aliphatic heterocycles. The van der Waals surface area contributed by atoms with E-state index in [9.17, 15) is 0 Å². The lowest BCUT2D eigenvalue weighted by molar-refractivity contribution is 0.143. The molecule has 1 N–H and O–H groups in total. The van der Waals surface area contributed by atoms with Gasteiger partial charge < -0.3 is 24.3 Å². The lowest BCUT2D eigenvalue weighted by Gasteiger charge is -2.15. The topological polar surface area (TPSA) is 74.7 Å². The van der Waals surface area contributed by atoms with Crippen molar-refractivity contribution in [1.82, 2.24) is 9.97 Å². The van der Waals surface area contributed by atoms with Crippen LogP contribution < -0.4 is 19.5 Å². The Morgan fingerprint density at radius 2 is 1.59 bits per heavy atom. The molecule has 0 aliphatic carbocycles. The molecule has 0 spiro atoms. The summed E-state index contributed by atoms with van der Waals surface area (Å²) in [7, 11) is 3.28. The molecule has 0 saturated carbocycles.